The number of hydrogen-bond acceptors (Lipinski definition) is 3. The van der Waals surface area contributed by atoms with Crippen LogP contribution in [0.2, 0.25) is 0 Å². The van der Waals surface area contributed by atoms with E-state index in [1.165, 1.54) is 16.3 Å². The molecule has 0 aliphatic heterocycles. The average molecular weight is 272 g/mol. The number of rotatable bonds is 7. The van der Waals surface area contributed by atoms with Crippen LogP contribution >= 0.6 is 0 Å². The molecule has 0 fully saturated rings. The Balaban J connectivity index is 2.39. The quantitative estimate of drug-likeness (QED) is 0.834. The molecule has 0 aliphatic rings. The zero-order chi connectivity index (χ0) is 14.4. The molecule has 20 heavy (non-hydrogen) atoms. The Morgan fingerprint density at radius 1 is 1.25 bits per heavy atom. The van der Waals surface area contributed by atoms with Gasteiger partial charge in [-0.2, -0.15) is 0 Å². The lowest BCUT2D eigenvalue weighted by Crippen LogP contribution is -2.32. The van der Waals surface area contributed by atoms with Gasteiger partial charge >= 0.3 is 0 Å². The highest BCUT2D eigenvalue weighted by Crippen LogP contribution is 2.27. The van der Waals surface area contributed by atoms with Gasteiger partial charge in [0.15, 0.2) is 0 Å². The highest BCUT2D eigenvalue weighted by molar-refractivity contribution is 5.85. The van der Waals surface area contributed by atoms with Crippen molar-refractivity contribution < 1.29 is 4.74 Å². The van der Waals surface area contributed by atoms with Crippen molar-refractivity contribution in [3.8, 4) is 0 Å². The predicted molar refractivity (Wildman–Crippen MR) is 83.9 cm³/mol. The minimum absolute atomic E-state index is 0.136. The molecule has 108 valence electrons. The molecular formula is C17H24N2O. The van der Waals surface area contributed by atoms with E-state index in [1.54, 1.807) is 0 Å². The number of nitrogens with one attached hydrogen (secondary N) is 1. The van der Waals surface area contributed by atoms with Gasteiger partial charge in [-0.1, -0.05) is 25.1 Å². The van der Waals surface area contributed by atoms with Crippen LogP contribution in [-0.4, -0.2) is 24.2 Å². The molecule has 1 aromatic carbocycles. The van der Waals surface area contributed by atoms with Crippen molar-refractivity contribution in [2.75, 3.05) is 13.2 Å². The summed E-state index contributed by atoms with van der Waals surface area (Å²) in [6.07, 6.45) is 5.03. The fourth-order valence-electron chi connectivity index (χ4n) is 2.60. The molecule has 0 spiro atoms. The summed E-state index contributed by atoms with van der Waals surface area (Å²) in [7, 11) is 0. The summed E-state index contributed by atoms with van der Waals surface area (Å²) in [5.41, 5.74) is 1.27. The van der Waals surface area contributed by atoms with Crippen LogP contribution in [0, 0.1) is 0 Å². The van der Waals surface area contributed by atoms with E-state index in [4.69, 9.17) is 4.74 Å². The second-order valence-electron chi connectivity index (χ2n) is 5.04. The third-order valence-electron chi connectivity index (χ3n) is 3.57. The molecule has 3 nitrogen and oxygen atoms in total. The maximum Gasteiger partial charge on any atom is 0.0741 e. The van der Waals surface area contributed by atoms with Gasteiger partial charge in [-0.15, -0.1) is 0 Å². The van der Waals surface area contributed by atoms with Crippen molar-refractivity contribution in [1.82, 2.24) is 10.3 Å². The number of ether oxygens (including phenoxy) is 1. The van der Waals surface area contributed by atoms with Crippen molar-refractivity contribution in [2.24, 2.45) is 0 Å². The topological polar surface area (TPSA) is 34.2 Å². The minimum atomic E-state index is 0.136. The number of hydrogen-bond donors (Lipinski definition) is 1. The molecular weight excluding hydrogens is 248 g/mol. The van der Waals surface area contributed by atoms with Crippen LogP contribution in [-0.2, 0) is 4.74 Å². The number of aromatic nitrogens is 1. The second-order valence-corrected chi connectivity index (χ2v) is 5.04. The van der Waals surface area contributed by atoms with Gasteiger partial charge in [0.25, 0.3) is 0 Å². The largest absolute Gasteiger partial charge is 0.377 e. The first kappa shape index (κ1) is 14.9. The van der Waals surface area contributed by atoms with Gasteiger partial charge in [0.2, 0.25) is 0 Å². The average Bonchev–Trinajstić information content (AvgIpc) is 2.48. The Hall–Kier alpha value is -1.45. The summed E-state index contributed by atoms with van der Waals surface area (Å²) < 4.78 is 5.82. The van der Waals surface area contributed by atoms with Gasteiger partial charge in [0.05, 0.1) is 12.1 Å². The molecule has 0 amide bonds. The van der Waals surface area contributed by atoms with Crippen molar-refractivity contribution in [2.45, 2.75) is 39.3 Å². The van der Waals surface area contributed by atoms with E-state index in [-0.39, 0.29) is 12.1 Å². The fraction of sp³-hybridized carbons (Fsp3) is 0.471. The monoisotopic (exact) mass is 272 g/mol. The summed E-state index contributed by atoms with van der Waals surface area (Å²) in [5, 5.41) is 6.04. The Bertz CT molecular complexity index is 536. The van der Waals surface area contributed by atoms with Crippen molar-refractivity contribution in [3.05, 3.63) is 42.2 Å². The molecule has 1 N–H and O–H groups in total. The molecule has 0 saturated carbocycles. The maximum absolute atomic E-state index is 5.82. The van der Waals surface area contributed by atoms with Crippen LogP contribution in [0.5, 0.6) is 0 Å². The molecule has 2 atom stereocenters. The van der Waals surface area contributed by atoms with Crippen LogP contribution in [0.3, 0.4) is 0 Å². The van der Waals surface area contributed by atoms with E-state index < -0.39 is 0 Å². The van der Waals surface area contributed by atoms with E-state index in [0.29, 0.717) is 0 Å². The van der Waals surface area contributed by atoms with Gasteiger partial charge in [-0.25, -0.2) is 0 Å². The first-order chi connectivity index (χ1) is 9.77. The van der Waals surface area contributed by atoms with E-state index >= 15 is 0 Å². The zero-order valence-electron chi connectivity index (χ0n) is 12.6. The molecule has 0 radical (unpaired) electrons. The van der Waals surface area contributed by atoms with Gasteiger partial charge in [-0.3, -0.25) is 4.98 Å². The predicted octanol–water partition coefficient (Wildman–Crippen LogP) is 3.70. The lowest BCUT2D eigenvalue weighted by atomic mass is 9.96. The fourth-order valence-corrected chi connectivity index (χ4v) is 2.60. The van der Waals surface area contributed by atoms with Crippen LogP contribution in [0.1, 0.15) is 38.8 Å². The molecule has 0 bridgehead atoms. The molecule has 2 rings (SSSR count). The Labute approximate surface area is 121 Å². The van der Waals surface area contributed by atoms with E-state index in [2.05, 4.69) is 48.4 Å². The second kappa shape index (κ2) is 7.36. The third-order valence-corrected chi connectivity index (χ3v) is 3.57. The summed E-state index contributed by atoms with van der Waals surface area (Å²) in [6.45, 7) is 8.07. The normalized spacial score (nSPS) is 14.3. The van der Waals surface area contributed by atoms with Gasteiger partial charge < -0.3 is 10.1 Å². The van der Waals surface area contributed by atoms with Crippen LogP contribution < -0.4 is 5.32 Å². The Kier molecular flexibility index (Phi) is 5.50. The SMILES string of the molecule is CCCNC(c1cccc2ccncc12)C(C)OCC. The maximum atomic E-state index is 5.82. The van der Waals surface area contributed by atoms with Crippen molar-refractivity contribution in [3.63, 3.8) is 0 Å². The highest BCUT2D eigenvalue weighted by atomic mass is 16.5. The summed E-state index contributed by atoms with van der Waals surface area (Å²) in [5.74, 6) is 0. The first-order valence-corrected chi connectivity index (χ1v) is 7.45. The molecule has 0 saturated heterocycles. The zero-order valence-corrected chi connectivity index (χ0v) is 12.6. The molecule has 1 heterocycles. The number of pyridine rings is 1. The first-order valence-electron chi connectivity index (χ1n) is 7.45. The molecule has 2 aromatic rings. The molecule has 0 aliphatic carbocycles. The van der Waals surface area contributed by atoms with Crippen LogP contribution in [0.15, 0.2) is 36.7 Å². The molecule has 2 unspecified atom stereocenters. The smallest absolute Gasteiger partial charge is 0.0741 e. The summed E-state index contributed by atoms with van der Waals surface area (Å²) in [4.78, 5) is 4.27. The van der Waals surface area contributed by atoms with E-state index in [9.17, 15) is 0 Å². The van der Waals surface area contributed by atoms with E-state index in [0.717, 1.165) is 19.6 Å². The van der Waals surface area contributed by atoms with Crippen molar-refractivity contribution >= 4 is 10.8 Å². The van der Waals surface area contributed by atoms with Gasteiger partial charge in [-0.05, 0) is 43.8 Å². The standard InChI is InChI=1S/C17H24N2O/c1-4-10-19-17(13(3)20-5-2)15-8-6-7-14-9-11-18-12-16(14)15/h6-9,11-13,17,19H,4-5,10H2,1-3H3. The van der Waals surface area contributed by atoms with E-state index in [1.807, 2.05) is 19.3 Å². The van der Waals surface area contributed by atoms with Gasteiger partial charge in [0.1, 0.15) is 0 Å². The van der Waals surface area contributed by atoms with Crippen LogP contribution in [0.25, 0.3) is 10.8 Å². The lowest BCUT2D eigenvalue weighted by molar-refractivity contribution is 0.0476. The van der Waals surface area contributed by atoms with Crippen LogP contribution in [0.4, 0.5) is 0 Å². The summed E-state index contributed by atoms with van der Waals surface area (Å²) >= 11 is 0. The molecule has 1 aromatic heterocycles. The summed E-state index contributed by atoms with van der Waals surface area (Å²) in [6, 6.07) is 8.66. The Morgan fingerprint density at radius 3 is 2.85 bits per heavy atom. The lowest BCUT2D eigenvalue weighted by Gasteiger charge is -2.26. The highest BCUT2D eigenvalue weighted by Gasteiger charge is 2.20. The van der Waals surface area contributed by atoms with Crippen molar-refractivity contribution in [1.29, 1.82) is 0 Å². The Morgan fingerprint density at radius 2 is 2.10 bits per heavy atom. The number of fused-ring (bicyclic) bond motifs is 1. The number of nitrogens with zero attached hydrogens (tertiary/aromatic N) is 1. The minimum Gasteiger partial charge on any atom is -0.377 e. The van der Waals surface area contributed by atoms with Gasteiger partial charge in [0, 0.05) is 24.4 Å². The third kappa shape index (κ3) is 3.35. The molecule has 3 heteroatoms. The number of benzene rings is 1.